The van der Waals surface area contributed by atoms with E-state index in [4.69, 9.17) is 9.47 Å². The van der Waals surface area contributed by atoms with Crippen LogP contribution in [0.25, 0.3) is 10.9 Å². The molecule has 2 heterocycles. The summed E-state index contributed by atoms with van der Waals surface area (Å²) in [6.07, 6.45) is 3.61. The minimum Gasteiger partial charge on any atom is -0.493 e. The zero-order valence-corrected chi connectivity index (χ0v) is 15.6. The van der Waals surface area contributed by atoms with Gasteiger partial charge in [-0.1, -0.05) is 22.0 Å². The second kappa shape index (κ2) is 6.52. The summed E-state index contributed by atoms with van der Waals surface area (Å²) in [5, 5.41) is 4.60. The topological polar surface area (TPSA) is 56.3 Å². The van der Waals surface area contributed by atoms with Crippen LogP contribution in [0.1, 0.15) is 23.7 Å². The van der Waals surface area contributed by atoms with E-state index < -0.39 is 0 Å². The fourth-order valence-corrected chi connectivity index (χ4v) is 3.71. The van der Waals surface area contributed by atoms with Crippen molar-refractivity contribution < 1.29 is 9.47 Å². The molecule has 0 saturated carbocycles. The minimum absolute atomic E-state index is 0.130. The Morgan fingerprint density at radius 1 is 1.08 bits per heavy atom. The summed E-state index contributed by atoms with van der Waals surface area (Å²) in [6, 6.07) is 10.3. The number of halogens is 1. The number of anilines is 1. The average molecular weight is 400 g/mol. The van der Waals surface area contributed by atoms with Crippen LogP contribution < -0.4 is 14.8 Å². The van der Waals surface area contributed by atoms with E-state index in [-0.39, 0.29) is 6.04 Å². The summed E-state index contributed by atoms with van der Waals surface area (Å²) in [4.78, 5) is 8.97. The Morgan fingerprint density at radius 2 is 1.88 bits per heavy atom. The van der Waals surface area contributed by atoms with Crippen LogP contribution in [0.3, 0.4) is 0 Å². The summed E-state index contributed by atoms with van der Waals surface area (Å²) in [6.45, 7) is 0. The van der Waals surface area contributed by atoms with Crippen molar-refractivity contribution in [1.29, 1.82) is 0 Å². The molecular weight excluding hydrogens is 382 g/mol. The van der Waals surface area contributed by atoms with E-state index in [0.717, 1.165) is 39.6 Å². The van der Waals surface area contributed by atoms with Crippen LogP contribution in [-0.2, 0) is 6.42 Å². The Kier molecular flexibility index (Phi) is 4.21. The van der Waals surface area contributed by atoms with Gasteiger partial charge in [-0.3, -0.25) is 0 Å². The van der Waals surface area contributed by atoms with Gasteiger partial charge in [-0.2, -0.15) is 0 Å². The maximum absolute atomic E-state index is 5.45. The lowest BCUT2D eigenvalue weighted by Crippen LogP contribution is -2.19. The van der Waals surface area contributed by atoms with Gasteiger partial charge in [0.2, 0.25) is 0 Å². The third kappa shape index (κ3) is 2.91. The lowest BCUT2D eigenvalue weighted by atomic mass is 9.94. The molecule has 6 heteroatoms. The lowest BCUT2D eigenvalue weighted by Gasteiger charge is -2.27. The summed E-state index contributed by atoms with van der Waals surface area (Å²) in [5.74, 6) is 1.36. The van der Waals surface area contributed by atoms with Crippen molar-refractivity contribution in [2.75, 3.05) is 19.5 Å². The highest BCUT2D eigenvalue weighted by Crippen LogP contribution is 2.38. The molecule has 0 radical (unpaired) electrons. The molecule has 0 spiro atoms. The predicted octanol–water partition coefficient (Wildman–Crippen LogP) is 4.51. The number of fused-ring (bicyclic) bond motifs is 2. The first-order valence-corrected chi connectivity index (χ1v) is 8.90. The van der Waals surface area contributed by atoms with Crippen molar-refractivity contribution in [2.45, 2.75) is 18.9 Å². The van der Waals surface area contributed by atoms with Crippen LogP contribution in [0.2, 0.25) is 0 Å². The number of hydrogen-bond acceptors (Lipinski definition) is 5. The van der Waals surface area contributed by atoms with Crippen LogP contribution >= 0.6 is 15.9 Å². The number of methoxy groups -OCH3 is 2. The fourth-order valence-electron chi connectivity index (χ4n) is 3.35. The first kappa shape index (κ1) is 16.1. The number of benzene rings is 2. The van der Waals surface area contributed by atoms with Gasteiger partial charge in [0.05, 0.1) is 31.5 Å². The monoisotopic (exact) mass is 399 g/mol. The predicted molar refractivity (Wildman–Crippen MR) is 101 cm³/mol. The second-order valence-corrected chi connectivity index (χ2v) is 6.94. The van der Waals surface area contributed by atoms with E-state index in [1.54, 1.807) is 20.5 Å². The van der Waals surface area contributed by atoms with E-state index in [9.17, 15) is 0 Å². The van der Waals surface area contributed by atoms with Gasteiger partial charge in [-0.25, -0.2) is 9.97 Å². The van der Waals surface area contributed by atoms with Crippen molar-refractivity contribution in [3.8, 4) is 11.5 Å². The summed E-state index contributed by atoms with van der Waals surface area (Å²) in [5.41, 5.74) is 4.32. The molecule has 1 aliphatic heterocycles. The van der Waals surface area contributed by atoms with E-state index in [0.29, 0.717) is 11.5 Å². The van der Waals surface area contributed by atoms with Crippen LogP contribution in [0.4, 0.5) is 5.69 Å². The van der Waals surface area contributed by atoms with Crippen LogP contribution in [-0.4, -0.2) is 24.2 Å². The minimum atomic E-state index is 0.130. The maximum Gasteiger partial charge on any atom is 0.162 e. The summed E-state index contributed by atoms with van der Waals surface area (Å²) < 4.78 is 11.9. The fraction of sp³-hybridized carbons (Fsp3) is 0.263. The van der Waals surface area contributed by atoms with Gasteiger partial charge < -0.3 is 14.8 Å². The number of aryl methyl sites for hydroxylation is 1. The molecule has 4 rings (SSSR count). The van der Waals surface area contributed by atoms with Crippen molar-refractivity contribution in [1.82, 2.24) is 9.97 Å². The third-order valence-electron chi connectivity index (χ3n) is 4.61. The molecule has 5 nitrogen and oxygen atoms in total. The number of nitrogens with zero attached hydrogens (tertiary/aromatic N) is 2. The van der Waals surface area contributed by atoms with Crippen LogP contribution in [0.5, 0.6) is 11.5 Å². The van der Waals surface area contributed by atoms with Gasteiger partial charge in [0.15, 0.2) is 11.5 Å². The van der Waals surface area contributed by atoms with Crippen molar-refractivity contribution in [2.24, 2.45) is 0 Å². The first-order valence-electron chi connectivity index (χ1n) is 8.11. The number of hydrogen-bond donors (Lipinski definition) is 1. The van der Waals surface area contributed by atoms with E-state index in [1.807, 2.05) is 12.1 Å². The molecule has 1 unspecified atom stereocenters. The number of rotatable bonds is 3. The molecule has 1 aliphatic rings. The molecule has 128 valence electrons. The molecule has 1 aromatic heterocycles. The van der Waals surface area contributed by atoms with Crippen molar-refractivity contribution in [3.63, 3.8) is 0 Å². The van der Waals surface area contributed by atoms with Gasteiger partial charge in [0, 0.05) is 21.6 Å². The normalized spacial score (nSPS) is 16.2. The molecule has 0 aliphatic carbocycles. The Morgan fingerprint density at radius 3 is 2.68 bits per heavy atom. The Bertz CT molecular complexity index is 945. The second-order valence-electron chi connectivity index (χ2n) is 6.02. The van der Waals surface area contributed by atoms with Crippen molar-refractivity contribution >= 4 is 32.5 Å². The standard InChI is InChI=1S/C19H18BrN3O2/c1-24-17-8-13-16(9-18(17)25-2)21-10-22-19(13)14-6-4-11-3-5-12(20)7-15(11)23-14/h3,5,7-10,14,23H,4,6H2,1-2H3. The quantitative estimate of drug-likeness (QED) is 0.701. The van der Waals surface area contributed by atoms with Gasteiger partial charge >= 0.3 is 0 Å². The maximum atomic E-state index is 5.45. The molecule has 0 fully saturated rings. The Balaban J connectivity index is 1.79. The van der Waals surface area contributed by atoms with Gasteiger partial charge in [-0.05, 0) is 36.6 Å². The number of ether oxygens (including phenoxy) is 2. The molecule has 1 N–H and O–H groups in total. The zero-order valence-electron chi connectivity index (χ0n) is 14.0. The smallest absolute Gasteiger partial charge is 0.162 e. The highest BCUT2D eigenvalue weighted by molar-refractivity contribution is 9.10. The third-order valence-corrected chi connectivity index (χ3v) is 5.10. The van der Waals surface area contributed by atoms with Gasteiger partial charge in [-0.15, -0.1) is 0 Å². The van der Waals surface area contributed by atoms with Gasteiger partial charge in [0.1, 0.15) is 6.33 Å². The van der Waals surface area contributed by atoms with E-state index >= 15 is 0 Å². The van der Waals surface area contributed by atoms with Crippen LogP contribution in [0, 0.1) is 0 Å². The van der Waals surface area contributed by atoms with Crippen LogP contribution in [0.15, 0.2) is 41.1 Å². The van der Waals surface area contributed by atoms with Crippen molar-refractivity contribution in [3.05, 3.63) is 52.4 Å². The van der Waals surface area contributed by atoms with E-state index in [2.05, 4.69) is 49.4 Å². The largest absolute Gasteiger partial charge is 0.493 e. The zero-order chi connectivity index (χ0) is 17.4. The molecule has 0 amide bonds. The summed E-state index contributed by atoms with van der Waals surface area (Å²) >= 11 is 3.55. The highest BCUT2D eigenvalue weighted by atomic mass is 79.9. The molecule has 0 bridgehead atoms. The molecular formula is C19H18BrN3O2. The Labute approximate surface area is 154 Å². The van der Waals surface area contributed by atoms with Gasteiger partial charge in [0.25, 0.3) is 0 Å². The molecule has 0 saturated heterocycles. The first-order chi connectivity index (χ1) is 12.2. The number of nitrogens with one attached hydrogen (secondary N) is 1. The number of aromatic nitrogens is 2. The SMILES string of the molecule is COc1cc2ncnc(C3CCc4ccc(Br)cc4N3)c2cc1OC. The highest BCUT2D eigenvalue weighted by Gasteiger charge is 2.23. The lowest BCUT2D eigenvalue weighted by molar-refractivity contribution is 0.355. The molecule has 3 aromatic rings. The van der Waals surface area contributed by atoms with E-state index in [1.165, 1.54) is 5.56 Å². The molecule has 2 aromatic carbocycles. The summed E-state index contributed by atoms with van der Waals surface area (Å²) in [7, 11) is 3.27. The Hall–Kier alpha value is -2.34. The molecule has 25 heavy (non-hydrogen) atoms. The average Bonchev–Trinajstić information content (AvgIpc) is 2.65. The molecule has 1 atom stereocenters.